The Labute approximate surface area is 171 Å². The number of methoxy groups -OCH3 is 2. The van der Waals surface area contributed by atoms with E-state index in [9.17, 15) is 10.1 Å². The molecule has 3 aromatic rings. The van der Waals surface area contributed by atoms with Gasteiger partial charge in [0.15, 0.2) is 11.5 Å². The van der Waals surface area contributed by atoms with E-state index >= 15 is 0 Å². The van der Waals surface area contributed by atoms with Gasteiger partial charge >= 0.3 is 0 Å². The van der Waals surface area contributed by atoms with Crippen LogP contribution in [0.15, 0.2) is 58.0 Å². The van der Waals surface area contributed by atoms with Crippen LogP contribution < -0.4 is 14.9 Å². The minimum atomic E-state index is -0.533. The third kappa shape index (κ3) is 4.85. The second kappa shape index (κ2) is 9.11. The molecule has 0 saturated heterocycles. The van der Waals surface area contributed by atoms with E-state index in [0.717, 1.165) is 5.56 Å². The Hall–Kier alpha value is -3.52. The molecular weight excluding hydrogens is 398 g/mol. The molecule has 0 aliphatic rings. The number of halogens is 1. The highest BCUT2D eigenvalue weighted by Crippen LogP contribution is 2.31. The molecule has 1 heterocycles. The lowest BCUT2D eigenvalue weighted by atomic mass is 10.1. The quantitative estimate of drug-likeness (QED) is 0.326. The standard InChI is InChI=1S/C20H18ClN3O5/c1-27-19-7-3-13(9-20(19)28-2)11-22-23-12-15-5-8-18(29-15)14-4-6-16(21)17(10-14)24(25)26/h3-10,12,22H,11H2,1-2H3/b23-12+. The summed E-state index contributed by atoms with van der Waals surface area (Å²) in [6.45, 7) is 0.480. The summed E-state index contributed by atoms with van der Waals surface area (Å²) in [5.41, 5.74) is 4.27. The molecule has 0 atom stereocenters. The fourth-order valence-electron chi connectivity index (χ4n) is 2.62. The molecule has 0 fully saturated rings. The molecule has 3 rings (SSSR count). The van der Waals surface area contributed by atoms with Gasteiger partial charge in [0.05, 0.1) is 31.9 Å². The number of nitrogens with one attached hydrogen (secondary N) is 1. The van der Waals surface area contributed by atoms with Gasteiger partial charge in [0.25, 0.3) is 5.69 Å². The van der Waals surface area contributed by atoms with Crippen LogP contribution in [0.1, 0.15) is 11.3 Å². The minimum Gasteiger partial charge on any atom is -0.493 e. The van der Waals surface area contributed by atoms with Crippen molar-refractivity contribution in [1.82, 2.24) is 5.43 Å². The third-order valence-corrected chi connectivity index (χ3v) is 4.39. The lowest BCUT2D eigenvalue weighted by Gasteiger charge is -2.09. The molecule has 1 N–H and O–H groups in total. The number of furan rings is 1. The lowest BCUT2D eigenvalue weighted by Crippen LogP contribution is -2.05. The zero-order chi connectivity index (χ0) is 20.8. The highest BCUT2D eigenvalue weighted by molar-refractivity contribution is 6.32. The van der Waals surface area contributed by atoms with Crippen molar-refractivity contribution in [2.24, 2.45) is 5.10 Å². The van der Waals surface area contributed by atoms with Gasteiger partial charge in [-0.05, 0) is 42.0 Å². The first-order valence-corrected chi connectivity index (χ1v) is 8.90. The van der Waals surface area contributed by atoms with Crippen molar-refractivity contribution in [2.75, 3.05) is 14.2 Å². The third-order valence-electron chi connectivity index (χ3n) is 4.07. The summed E-state index contributed by atoms with van der Waals surface area (Å²) in [7, 11) is 3.16. The van der Waals surface area contributed by atoms with E-state index in [0.29, 0.717) is 35.1 Å². The number of nitro benzene ring substituents is 1. The molecule has 0 amide bonds. The molecule has 0 bridgehead atoms. The van der Waals surface area contributed by atoms with Crippen molar-refractivity contribution in [2.45, 2.75) is 6.54 Å². The van der Waals surface area contributed by atoms with E-state index in [4.69, 9.17) is 25.5 Å². The van der Waals surface area contributed by atoms with Crippen LogP contribution >= 0.6 is 11.6 Å². The molecular formula is C20H18ClN3O5. The van der Waals surface area contributed by atoms with Crippen LogP contribution in [0, 0.1) is 10.1 Å². The van der Waals surface area contributed by atoms with Crippen molar-refractivity contribution in [1.29, 1.82) is 0 Å². The topological polar surface area (TPSA) is 99.1 Å². The van der Waals surface area contributed by atoms with E-state index in [1.165, 1.54) is 18.3 Å². The SMILES string of the molecule is COc1ccc(CN/N=C/c2ccc(-c3ccc(Cl)c([N+](=O)[O-])c3)o2)cc1OC. The number of hydrogen-bond acceptors (Lipinski definition) is 7. The van der Waals surface area contributed by atoms with Crippen LogP contribution in [0.5, 0.6) is 11.5 Å². The van der Waals surface area contributed by atoms with Crippen molar-refractivity contribution in [3.8, 4) is 22.8 Å². The number of hydrazone groups is 1. The van der Waals surface area contributed by atoms with Gasteiger partial charge in [-0.1, -0.05) is 17.7 Å². The summed E-state index contributed by atoms with van der Waals surface area (Å²) in [6, 6.07) is 13.5. The maximum absolute atomic E-state index is 11.0. The zero-order valence-corrected chi connectivity index (χ0v) is 16.5. The molecule has 0 radical (unpaired) electrons. The zero-order valence-electron chi connectivity index (χ0n) is 15.7. The molecule has 0 unspecified atom stereocenters. The number of hydrogen-bond donors (Lipinski definition) is 1. The van der Waals surface area contributed by atoms with E-state index in [1.807, 2.05) is 18.2 Å². The molecule has 1 aromatic heterocycles. The monoisotopic (exact) mass is 415 g/mol. The highest BCUT2D eigenvalue weighted by Gasteiger charge is 2.15. The maximum atomic E-state index is 11.0. The van der Waals surface area contributed by atoms with Gasteiger partial charge in [0.1, 0.15) is 16.5 Å². The van der Waals surface area contributed by atoms with Crippen molar-refractivity contribution in [3.63, 3.8) is 0 Å². The normalized spacial score (nSPS) is 10.9. The molecule has 9 heteroatoms. The number of nitro groups is 1. The maximum Gasteiger partial charge on any atom is 0.288 e. The van der Waals surface area contributed by atoms with Gasteiger partial charge in [-0.25, -0.2) is 0 Å². The van der Waals surface area contributed by atoms with Gasteiger partial charge in [0, 0.05) is 11.6 Å². The smallest absolute Gasteiger partial charge is 0.288 e. The summed E-state index contributed by atoms with van der Waals surface area (Å²) < 4.78 is 16.2. The first-order valence-electron chi connectivity index (χ1n) is 8.53. The van der Waals surface area contributed by atoms with Crippen molar-refractivity contribution in [3.05, 3.63) is 75.0 Å². The molecule has 8 nitrogen and oxygen atoms in total. The average molecular weight is 416 g/mol. The summed E-state index contributed by atoms with van der Waals surface area (Å²) in [6.07, 6.45) is 1.52. The van der Waals surface area contributed by atoms with E-state index in [2.05, 4.69) is 10.5 Å². The molecule has 0 aliphatic carbocycles. The molecule has 0 spiro atoms. The molecule has 29 heavy (non-hydrogen) atoms. The van der Waals surface area contributed by atoms with Gasteiger partial charge in [-0.15, -0.1) is 0 Å². The average Bonchev–Trinajstić information content (AvgIpc) is 3.20. The minimum absolute atomic E-state index is 0.0754. The molecule has 0 saturated carbocycles. The lowest BCUT2D eigenvalue weighted by molar-refractivity contribution is -0.384. The predicted octanol–water partition coefficient (Wildman–Crippen LogP) is 4.65. The van der Waals surface area contributed by atoms with Crippen LogP contribution in [0.2, 0.25) is 5.02 Å². The van der Waals surface area contributed by atoms with Crippen LogP contribution in [-0.2, 0) is 6.54 Å². The first kappa shape index (κ1) is 20.2. The van der Waals surface area contributed by atoms with Gasteiger partial charge in [-0.2, -0.15) is 5.10 Å². The fourth-order valence-corrected chi connectivity index (χ4v) is 2.81. The van der Waals surface area contributed by atoms with Crippen LogP contribution in [0.3, 0.4) is 0 Å². The van der Waals surface area contributed by atoms with Crippen molar-refractivity contribution >= 4 is 23.5 Å². The summed E-state index contributed by atoms with van der Waals surface area (Å²) >= 11 is 5.84. The van der Waals surface area contributed by atoms with Crippen molar-refractivity contribution < 1.29 is 18.8 Å². The Kier molecular flexibility index (Phi) is 6.36. The summed E-state index contributed by atoms with van der Waals surface area (Å²) in [4.78, 5) is 10.5. The number of nitrogens with zero attached hydrogens (tertiary/aromatic N) is 2. The van der Waals surface area contributed by atoms with Gasteiger partial charge < -0.3 is 19.3 Å². The van der Waals surface area contributed by atoms with E-state index in [-0.39, 0.29) is 10.7 Å². The summed E-state index contributed by atoms with van der Waals surface area (Å²) in [5, 5.41) is 15.2. The molecule has 2 aromatic carbocycles. The Bertz CT molecular complexity index is 1050. The van der Waals surface area contributed by atoms with Crippen LogP contribution in [0.4, 0.5) is 5.69 Å². The Morgan fingerprint density at radius 1 is 1.14 bits per heavy atom. The Morgan fingerprint density at radius 2 is 1.93 bits per heavy atom. The van der Waals surface area contributed by atoms with Crippen LogP contribution in [0.25, 0.3) is 11.3 Å². The Morgan fingerprint density at radius 3 is 2.66 bits per heavy atom. The Balaban J connectivity index is 1.64. The predicted molar refractivity (Wildman–Crippen MR) is 110 cm³/mol. The summed E-state index contributed by atoms with van der Waals surface area (Å²) in [5.74, 6) is 2.28. The van der Waals surface area contributed by atoms with Crippen LogP contribution in [-0.4, -0.2) is 25.4 Å². The number of benzene rings is 2. The van der Waals surface area contributed by atoms with Gasteiger partial charge in [0.2, 0.25) is 0 Å². The number of ether oxygens (including phenoxy) is 2. The first-order chi connectivity index (χ1) is 14.0. The second-order valence-electron chi connectivity index (χ2n) is 5.91. The van der Waals surface area contributed by atoms with E-state index < -0.39 is 4.92 Å². The molecule has 150 valence electrons. The largest absolute Gasteiger partial charge is 0.493 e. The second-order valence-corrected chi connectivity index (χ2v) is 6.31. The fraction of sp³-hybridized carbons (Fsp3) is 0.150. The highest BCUT2D eigenvalue weighted by atomic mass is 35.5. The number of rotatable bonds is 8. The van der Waals surface area contributed by atoms with E-state index in [1.54, 1.807) is 32.4 Å². The molecule has 0 aliphatic heterocycles. The van der Waals surface area contributed by atoms with Gasteiger partial charge in [-0.3, -0.25) is 10.1 Å².